The lowest BCUT2D eigenvalue weighted by Crippen LogP contribution is -2.03. The first kappa shape index (κ1) is 16.3. The molecule has 1 rings (SSSR count). The number of phenols is 2. The fourth-order valence-electron chi connectivity index (χ4n) is 1.68. The number of hydrogen-bond donors (Lipinski definition) is 3. The zero-order valence-electron chi connectivity index (χ0n) is 11.2. The number of hydrogen-bond acceptors (Lipinski definition) is 3. The smallest absolute Gasteiger partial charge is 0.339 e. The summed E-state index contributed by atoms with van der Waals surface area (Å²) in [5.41, 5.74) is 0.382. The lowest BCUT2D eigenvalue weighted by atomic mass is 10.00. The van der Waals surface area contributed by atoms with Crippen molar-refractivity contribution in [2.45, 2.75) is 46.5 Å². The van der Waals surface area contributed by atoms with Crippen LogP contribution in [0.25, 0.3) is 0 Å². The first-order valence-electron chi connectivity index (χ1n) is 6.34. The van der Waals surface area contributed by atoms with E-state index in [9.17, 15) is 15.0 Å². The fraction of sp³-hybridized carbons (Fsp3) is 0.500. The van der Waals surface area contributed by atoms with Crippen LogP contribution >= 0.6 is 0 Å². The van der Waals surface area contributed by atoms with Crippen LogP contribution in [0, 0.1) is 0 Å². The third-order valence-electron chi connectivity index (χ3n) is 2.45. The molecular weight excluding hydrogens is 232 g/mol. The van der Waals surface area contributed by atoms with Crippen LogP contribution in [0.5, 0.6) is 11.5 Å². The maximum absolute atomic E-state index is 10.9. The number of phenolic OH excluding ortho intramolecular Hbond substituents is 1. The van der Waals surface area contributed by atoms with Crippen molar-refractivity contribution < 1.29 is 20.1 Å². The number of benzene rings is 1. The van der Waals surface area contributed by atoms with Crippen LogP contribution in [0.15, 0.2) is 12.1 Å². The van der Waals surface area contributed by atoms with Crippen LogP contribution in [-0.2, 0) is 6.42 Å². The first-order valence-corrected chi connectivity index (χ1v) is 6.34. The van der Waals surface area contributed by atoms with Crippen molar-refractivity contribution in [2.75, 3.05) is 0 Å². The second-order valence-electron chi connectivity index (χ2n) is 3.76. The molecule has 0 unspecified atom stereocenters. The van der Waals surface area contributed by atoms with Crippen molar-refractivity contribution >= 4 is 5.97 Å². The van der Waals surface area contributed by atoms with Crippen molar-refractivity contribution in [2.24, 2.45) is 0 Å². The maximum Gasteiger partial charge on any atom is 0.339 e. The molecule has 0 heterocycles. The van der Waals surface area contributed by atoms with Gasteiger partial charge in [-0.2, -0.15) is 0 Å². The first-order chi connectivity index (χ1) is 8.56. The van der Waals surface area contributed by atoms with E-state index in [1.807, 2.05) is 13.8 Å². The van der Waals surface area contributed by atoms with Crippen molar-refractivity contribution in [3.63, 3.8) is 0 Å². The third kappa shape index (κ3) is 4.65. The van der Waals surface area contributed by atoms with E-state index >= 15 is 0 Å². The highest BCUT2D eigenvalue weighted by atomic mass is 16.4. The van der Waals surface area contributed by atoms with Crippen molar-refractivity contribution in [3.05, 3.63) is 23.3 Å². The number of rotatable bonds is 5. The zero-order valence-corrected chi connectivity index (χ0v) is 11.2. The van der Waals surface area contributed by atoms with E-state index in [2.05, 4.69) is 6.92 Å². The summed E-state index contributed by atoms with van der Waals surface area (Å²) >= 11 is 0. The Kier molecular flexibility index (Phi) is 7.59. The molecule has 4 heteroatoms. The Hall–Kier alpha value is -1.71. The molecule has 0 bridgehead atoms. The summed E-state index contributed by atoms with van der Waals surface area (Å²) in [6.45, 7) is 6.05. The SMILES string of the molecule is CC.CCCCCc1cc(O)cc(O)c1C(=O)O. The molecule has 0 aliphatic carbocycles. The average molecular weight is 254 g/mol. The quantitative estimate of drug-likeness (QED) is 0.702. The van der Waals surface area contributed by atoms with Crippen molar-refractivity contribution in [3.8, 4) is 11.5 Å². The van der Waals surface area contributed by atoms with Crippen molar-refractivity contribution in [1.29, 1.82) is 0 Å². The van der Waals surface area contributed by atoms with Gasteiger partial charge in [0.05, 0.1) is 0 Å². The molecule has 0 aliphatic rings. The van der Waals surface area contributed by atoms with E-state index in [1.165, 1.54) is 6.07 Å². The molecule has 1 aromatic carbocycles. The molecular formula is C14H22O4. The largest absolute Gasteiger partial charge is 0.508 e. The number of aromatic hydroxyl groups is 2. The molecule has 0 saturated carbocycles. The second kappa shape index (κ2) is 8.39. The van der Waals surface area contributed by atoms with Gasteiger partial charge in [-0.1, -0.05) is 33.6 Å². The Morgan fingerprint density at radius 3 is 2.28 bits per heavy atom. The lowest BCUT2D eigenvalue weighted by Gasteiger charge is -2.08. The lowest BCUT2D eigenvalue weighted by molar-refractivity contribution is 0.0692. The Bertz CT molecular complexity index is 386. The monoisotopic (exact) mass is 254 g/mol. The number of aromatic carboxylic acids is 1. The van der Waals surface area contributed by atoms with Gasteiger partial charge in [-0.25, -0.2) is 4.79 Å². The minimum Gasteiger partial charge on any atom is -0.508 e. The van der Waals surface area contributed by atoms with Gasteiger partial charge in [0.2, 0.25) is 0 Å². The number of carbonyl (C=O) groups is 1. The molecule has 0 radical (unpaired) electrons. The molecule has 1 aromatic rings. The Morgan fingerprint density at radius 1 is 1.17 bits per heavy atom. The van der Waals surface area contributed by atoms with E-state index in [0.717, 1.165) is 25.3 Å². The predicted molar refractivity (Wildman–Crippen MR) is 71.3 cm³/mol. The van der Waals surface area contributed by atoms with Gasteiger partial charge in [0.15, 0.2) is 0 Å². The second-order valence-corrected chi connectivity index (χ2v) is 3.76. The normalized spacial score (nSPS) is 9.50. The van der Waals surface area contributed by atoms with Gasteiger partial charge in [0.1, 0.15) is 17.1 Å². The molecule has 0 amide bonds. The molecule has 0 atom stereocenters. The molecule has 3 N–H and O–H groups in total. The summed E-state index contributed by atoms with van der Waals surface area (Å²) in [6.07, 6.45) is 3.43. The number of carboxylic acid groups (broad SMARTS) is 1. The summed E-state index contributed by atoms with van der Waals surface area (Å²) in [5.74, 6) is -1.64. The van der Waals surface area contributed by atoms with Gasteiger partial charge in [0, 0.05) is 6.07 Å². The van der Waals surface area contributed by atoms with Gasteiger partial charge < -0.3 is 15.3 Å². The fourth-order valence-corrected chi connectivity index (χ4v) is 1.68. The number of carboxylic acids is 1. The number of unbranched alkanes of at least 4 members (excludes halogenated alkanes) is 2. The molecule has 0 saturated heterocycles. The van der Waals surface area contributed by atoms with Gasteiger partial charge in [-0.05, 0) is 24.5 Å². The Balaban J connectivity index is 0.00000137. The van der Waals surface area contributed by atoms with Crippen LogP contribution in [-0.4, -0.2) is 21.3 Å². The van der Waals surface area contributed by atoms with Crippen LogP contribution in [0.2, 0.25) is 0 Å². The van der Waals surface area contributed by atoms with E-state index in [4.69, 9.17) is 5.11 Å². The van der Waals surface area contributed by atoms with E-state index in [-0.39, 0.29) is 17.1 Å². The van der Waals surface area contributed by atoms with E-state index in [1.54, 1.807) is 0 Å². The van der Waals surface area contributed by atoms with Crippen LogP contribution in [0.4, 0.5) is 0 Å². The predicted octanol–water partition coefficient (Wildman–Crippen LogP) is 3.55. The summed E-state index contributed by atoms with van der Waals surface area (Å²) in [4.78, 5) is 10.9. The minimum absolute atomic E-state index is 0.103. The summed E-state index contributed by atoms with van der Waals surface area (Å²) in [6, 6.07) is 2.45. The highest BCUT2D eigenvalue weighted by Gasteiger charge is 2.16. The van der Waals surface area contributed by atoms with Crippen LogP contribution < -0.4 is 0 Å². The topological polar surface area (TPSA) is 77.8 Å². The Labute approximate surface area is 108 Å². The highest BCUT2D eigenvalue weighted by molar-refractivity contribution is 5.92. The molecule has 4 nitrogen and oxygen atoms in total. The molecule has 0 spiro atoms. The van der Waals surface area contributed by atoms with Gasteiger partial charge >= 0.3 is 5.97 Å². The molecule has 18 heavy (non-hydrogen) atoms. The van der Waals surface area contributed by atoms with Crippen LogP contribution in [0.1, 0.15) is 56.0 Å². The standard InChI is InChI=1S/C12H16O4.C2H6/c1-2-3-4-5-8-6-9(13)7-10(14)11(8)12(15)16;1-2/h6-7,13-14H,2-5H2,1H3,(H,15,16);1-2H3. The van der Waals surface area contributed by atoms with Gasteiger partial charge in [-0.3, -0.25) is 0 Å². The van der Waals surface area contributed by atoms with Gasteiger partial charge in [-0.15, -0.1) is 0 Å². The molecule has 0 aromatic heterocycles. The van der Waals surface area contributed by atoms with Gasteiger partial charge in [0.25, 0.3) is 0 Å². The molecule has 102 valence electrons. The molecule has 0 aliphatic heterocycles. The average Bonchev–Trinajstić information content (AvgIpc) is 2.30. The van der Waals surface area contributed by atoms with Crippen molar-refractivity contribution in [1.82, 2.24) is 0 Å². The zero-order chi connectivity index (χ0) is 14.1. The summed E-state index contributed by atoms with van der Waals surface area (Å²) < 4.78 is 0. The Morgan fingerprint density at radius 2 is 1.78 bits per heavy atom. The van der Waals surface area contributed by atoms with Crippen LogP contribution in [0.3, 0.4) is 0 Å². The summed E-state index contributed by atoms with van der Waals surface area (Å²) in [5, 5.41) is 27.7. The molecule has 0 fully saturated rings. The highest BCUT2D eigenvalue weighted by Crippen LogP contribution is 2.28. The summed E-state index contributed by atoms with van der Waals surface area (Å²) in [7, 11) is 0. The maximum atomic E-state index is 10.9. The minimum atomic E-state index is -1.16. The van der Waals surface area contributed by atoms with E-state index in [0.29, 0.717) is 12.0 Å². The number of aryl methyl sites for hydroxylation is 1. The third-order valence-corrected chi connectivity index (χ3v) is 2.45. The van der Waals surface area contributed by atoms with E-state index < -0.39 is 5.97 Å².